The van der Waals surface area contributed by atoms with Crippen LogP contribution < -0.4 is 19.3 Å². The Balaban J connectivity index is 1.48. The van der Waals surface area contributed by atoms with Gasteiger partial charge in [-0.3, -0.25) is 14.5 Å². The molecule has 0 bridgehead atoms. The van der Waals surface area contributed by atoms with Gasteiger partial charge in [0.25, 0.3) is 11.8 Å². The van der Waals surface area contributed by atoms with E-state index >= 15 is 0 Å². The van der Waals surface area contributed by atoms with Crippen LogP contribution in [-0.4, -0.2) is 74.6 Å². The van der Waals surface area contributed by atoms with Gasteiger partial charge in [0.05, 0.1) is 30.4 Å². The van der Waals surface area contributed by atoms with E-state index < -0.39 is 0 Å². The number of hydrogen-bond donors (Lipinski definition) is 0. The Morgan fingerprint density at radius 3 is 2.50 bits per heavy atom. The van der Waals surface area contributed by atoms with Crippen LogP contribution in [-0.2, 0) is 14.3 Å². The maximum absolute atomic E-state index is 13.2. The second-order valence-electron chi connectivity index (χ2n) is 8.35. The third-order valence-corrected chi connectivity index (χ3v) is 7.00. The van der Waals surface area contributed by atoms with E-state index in [0.717, 1.165) is 16.9 Å². The van der Waals surface area contributed by atoms with Crippen LogP contribution in [0.15, 0.2) is 47.4 Å². The molecule has 8 nitrogen and oxygen atoms in total. The zero-order chi connectivity index (χ0) is 25.7. The number of anilines is 2. The van der Waals surface area contributed by atoms with Crippen LogP contribution in [0, 0.1) is 0 Å². The molecule has 2 heterocycles. The third-order valence-electron chi connectivity index (χ3n) is 5.70. The lowest BCUT2D eigenvalue weighted by molar-refractivity contribution is -0.137. The number of thiocarbonyl (C=S) groups is 1. The summed E-state index contributed by atoms with van der Waals surface area (Å²) < 4.78 is 17.3. The molecule has 0 N–H and O–H groups in total. The smallest absolute Gasteiger partial charge is 0.270 e. The molecule has 0 aliphatic carbocycles. The van der Waals surface area contributed by atoms with Crippen molar-refractivity contribution < 1.29 is 23.8 Å². The lowest BCUT2D eigenvalue weighted by Crippen LogP contribution is -2.43. The highest BCUT2D eigenvalue weighted by atomic mass is 32.2. The standard InChI is InChI=1S/C26H29N3O5S2/c1-4-33-22-15-18(5-10-21(22)34-17-24(30)28-11-13-32-14-12-28)16-23-25(31)29(26(35)36-23)20-8-6-19(7-9-20)27(2)3/h5-10,15-16H,4,11-14,17H2,1-3H3/b23-16-. The van der Waals surface area contributed by atoms with Crippen molar-refractivity contribution in [3.63, 3.8) is 0 Å². The Bertz CT molecular complexity index is 1160. The molecule has 2 aromatic rings. The number of benzene rings is 2. The summed E-state index contributed by atoms with van der Waals surface area (Å²) in [6.07, 6.45) is 1.79. The molecule has 0 aromatic heterocycles. The number of carbonyl (C=O) groups excluding carboxylic acids is 2. The minimum absolute atomic E-state index is 0.0787. The number of morpholine rings is 1. The molecular formula is C26H29N3O5S2. The van der Waals surface area contributed by atoms with Crippen LogP contribution in [0.2, 0.25) is 0 Å². The van der Waals surface area contributed by atoms with Crippen LogP contribution in [0.3, 0.4) is 0 Å². The van der Waals surface area contributed by atoms with Crippen molar-refractivity contribution in [1.82, 2.24) is 4.90 Å². The van der Waals surface area contributed by atoms with Gasteiger partial charge in [0, 0.05) is 32.9 Å². The monoisotopic (exact) mass is 527 g/mol. The molecule has 2 aliphatic heterocycles. The van der Waals surface area contributed by atoms with Gasteiger partial charge in [-0.15, -0.1) is 0 Å². The van der Waals surface area contributed by atoms with E-state index in [0.29, 0.717) is 53.6 Å². The number of carbonyl (C=O) groups is 2. The molecule has 2 aliphatic rings. The molecule has 190 valence electrons. The van der Waals surface area contributed by atoms with E-state index in [1.165, 1.54) is 11.8 Å². The second kappa shape index (κ2) is 11.8. The van der Waals surface area contributed by atoms with Gasteiger partial charge >= 0.3 is 0 Å². The third kappa shape index (κ3) is 6.00. The van der Waals surface area contributed by atoms with E-state index in [1.54, 1.807) is 28.0 Å². The number of thioether (sulfide) groups is 1. The fraction of sp³-hybridized carbons (Fsp3) is 0.346. The first-order valence-corrected chi connectivity index (χ1v) is 12.9. The molecule has 2 saturated heterocycles. The zero-order valence-electron chi connectivity index (χ0n) is 20.6. The van der Waals surface area contributed by atoms with Crippen molar-refractivity contribution in [3.05, 3.63) is 52.9 Å². The van der Waals surface area contributed by atoms with Crippen LogP contribution in [0.1, 0.15) is 12.5 Å². The average molecular weight is 528 g/mol. The SMILES string of the molecule is CCOc1cc(/C=C2\SC(=S)N(c3ccc(N(C)C)cc3)C2=O)ccc1OCC(=O)N1CCOCC1. The van der Waals surface area contributed by atoms with E-state index in [4.69, 9.17) is 26.4 Å². The molecule has 2 aromatic carbocycles. The lowest BCUT2D eigenvalue weighted by atomic mass is 10.1. The predicted molar refractivity (Wildman–Crippen MR) is 147 cm³/mol. The number of amides is 2. The molecule has 0 saturated carbocycles. The largest absolute Gasteiger partial charge is 0.490 e. The van der Waals surface area contributed by atoms with Crippen molar-refractivity contribution in [2.24, 2.45) is 0 Å². The van der Waals surface area contributed by atoms with Gasteiger partial charge in [-0.2, -0.15) is 0 Å². The van der Waals surface area contributed by atoms with Crippen LogP contribution in [0.25, 0.3) is 6.08 Å². The first-order valence-electron chi connectivity index (χ1n) is 11.7. The number of ether oxygens (including phenoxy) is 3. The summed E-state index contributed by atoms with van der Waals surface area (Å²) in [7, 11) is 3.93. The fourth-order valence-electron chi connectivity index (χ4n) is 3.79. The Labute approximate surface area is 220 Å². The van der Waals surface area contributed by atoms with E-state index in [-0.39, 0.29) is 18.4 Å². The molecule has 36 heavy (non-hydrogen) atoms. The molecule has 2 fully saturated rings. The molecule has 0 radical (unpaired) electrons. The first kappa shape index (κ1) is 26.0. The number of rotatable bonds is 8. The molecule has 4 rings (SSSR count). The summed E-state index contributed by atoms with van der Waals surface area (Å²) in [5, 5.41) is 0. The second-order valence-corrected chi connectivity index (χ2v) is 10.0. The first-order chi connectivity index (χ1) is 17.4. The summed E-state index contributed by atoms with van der Waals surface area (Å²) in [5.74, 6) is 0.726. The van der Waals surface area contributed by atoms with Crippen molar-refractivity contribution in [3.8, 4) is 11.5 Å². The summed E-state index contributed by atoms with van der Waals surface area (Å²) >= 11 is 6.77. The molecule has 0 atom stereocenters. The maximum atomic E-state index is 13.2. The van der Waals surface area contributed by atoms with Crippen molar-refractivity contribution in [2.45, 2.75) is 6.92 Å². The summed E-state index contributed by atoms with van der Waals surface area (Å²) in [5.41, 5.74) is 2.54. The van der Waals surface area contributed by atoms with Crippen molar-refractivity contribution >= 4 is 57.6 Å². The summed E-state index contributed by atoms with van der Waals surface area (Å²) in [6, 6.07) is 13.1. The van der Waals surface area contributed by atoms with E-state index in [1.807, 2.05) is 56.3 Å². The topological polar surface area (TPSA) is 71.6 Å². The average Bonchev–Trinajstić information content (AvgIpc) is 3.16. The molecule has 0 unspecified atom stereocenters. The number of hydrogen-bond acceptors (Lipinski definition) is 8. The van der Waals surface area contributed by atoms with E-state index in [2.05, 4.69) is 0 Å². The highest BCUT2D eigenvalue weighted by Gasteiger charge is 2.33. The van der Waals surface area contributed by atoms with Crippen molar-refractivity contribution in [1.29, 1.82) is 0 Å². The van der Waals surface area contributed by atoms with E-state index in [9.17, 15) is 9.59 Å². The fourth-order valence-corrected chi connectivity index (χ4v) is 5.09. The highest BCUT2D eigenvalue weighted by Crippen LogP contribution is 2.37. The summed E-state index contributed by atoms with van der Waals surface area (Å²) in [6.45, 7) is 4.44. The zero-order valence-corrected chi connectivity index (χ0v) is 22.2. The Morgan fingerprint density at radius 2 is 1.83 bits per heavy atom. The minimum Gasteiger partial charge on any atom is -0.490 e. The van der Waals surface area contributed by atoms with Crippen LogP contribution >= 0.6 is 24.0 Å². The Kier molecular flexibility index (Phi) is 8.50. The quantitative estimate of drug-likeness (QED) is 0.379. The van der Waals surface area contributed by atoms with Gasteiger partial charge in [-0.05, 0) is 55.0 Å². The molecule has 0 spiro atoms. The van der Waals surface area contributed by atoms with Gasteiger partial charge in [-0.1, -0.05) is 30.0 Å². The maximum Gasteiger partial charge on any atom is 0.270 e. The Hall–Kier alpha value is -3.08. The van der Waals surface area contributed by atoms with Crippen LogP contribution in [0.4, 0.5) is 11.4 Å². The predicted octanol–water partition coefficient (Wildman–Crippen LogP) is 3.79. The minimum atomic E-state index is -0.169. The van der Waals surface area contributed by atoms with Gasteiger partial charge in [0.1, 0.15) is 0 Å². The van der Waals surface area contributed by atoms with Crippen molar-refractivity contribution in [2.75, 3.05) is 63.4 Å². The van der Waals surface area contributed by atoms with Gasteiger partial charge < -0.3 is 24.0 Å². The Morgan fingerprint density at radius 1 is 1.11 bits per heavy atom. The highest BCUT2D eigenvalue weighted by molar-refractivity contribution is 8.27. The number of nitrogens with zero attached hydrogens (tertiary/aromatic N) is 3. The lowest BCUT2D eigenvalue weighted by Gasteiger charge is -2.26. The molecule has 2 amide bonds. The molecule has 10 heteroatoms. The van der Waals surface area contributed by atoms with Crippen LogP contribution in [0.5, 0.6) is 11.5 Å². The van der Waals surface area contributed by atoms with Gasteiger partial charge in [0.2, 0.25) is 0 Å². The molecular weight excluding hydrogens is 498 g/mol. The summed E-state index contributed by atoms with van der Waals surface area (Å²) in [4.78, 5) is 31.4. The van der Waals surface area contributed by atoms with Gasteiger partial charge in [0.15, 0.2) is 22.4 Å². The van der Waals surface area contributed by atoms with Gasteiger partial charge in [-0.25, -0.2) is 0 Å². The normalized spacial score (nSPS) is 17.0.